The summed E-state index contributed by atoms with van der Waals surface area (Å²) >= 11 is 0. The second-order valence-electron chi connectivity index (χ2n) is 1.93. The van der Waals surface area contributed by atoms with Gasteiger partial charge in [-0.3, -0.25) is 4.79 Å². The molecule has 1 atom stereocenters. The van der Waals surface area contributed by atoms with E-state index < -0.39 is 31.6 Å². The Morgan fingerprint density at radius 2 is 2.09 bits per heavy atom. The number of alkyl halides is 2. The molecule has 0 aromatic carbocycles. The molecule has 0 saturated carbocycles. The van der Waals surface area contributed by atoms with Crippen LogP contribution in [0.2, 0.25) is 0 Å². The normalized spacial score (nSPS) is 13.5. The molecule has 0 saturated heterocycles. The van der Waals surface area contributed by atoms with E-state index in [9.17, 15) is 13.6 Å². The molecule has 0 aliphatic heterocycles. The largest absolute Gasteiger partial charge is 0.480 e. The number of carboxylic acid groups (broad SMARTS) is 1. The van der Waals surface area contributed by atoms with Crippen LogP contribution in [0.25, 0.3) is 0 Å². The average Bonchev–Trinajstić information content (AvgIpc) is 1.86. The number of aliphatic hydroxyl groups is 1. The van der Waals surface area contributed by atoms with Crippen molar-refractivity contribution < 1.29 is 23.8 Å². The molecule has 0 aliphatic carbocycles. The molecule has 0 amide bonds. The first-order chi connectivity index (χ1) is 5.04. The zero-order valence-electron chi connectivity index (χ0n) is 5.63. The van der Waals surface area contributed by atoms with Gasteiger partial charge in [0, 0.05) is 6.54 Å². The van der Waals surface area contributed by atoms with Crippen LogP contribution in [0.15, 0.2) is 0 Å². The Labute approximate surface area is 61.8 Å². The standard InChI is InChI=1S/C5H9F2NO3/c6-5(7)3(9)1-8-2-4(10)11/h3,5,8-9H,1-2H2,(H,10,11). The monoisotopic (exact) mass is 169 g/mol. The predicted octanol–water partition coefficient (Wildman–Crippen LogP) is -0.713. The number of rotatable bonds is 5. The Morgan fingerprint density at radius 1 is 1.55 bits per heavy atom. The number of hydrogen-bond acceptors (Lipinski definition) is 3. The molecule has 0 fully saturated rings. The Balaban J connectivity index is 3.31. The highest BCUT2D eigenvalue weighted by atomic mass is 19.3. The van der Waals surface area contributed by atoms with Crippen molar-refractivity contribution >= 4 is 5.97 Å². The number of hydrogen-bond donors (Lipinski definition) is 3. The number of aliphatic hydroxyl groups excluding tert-OH is 1. The van der Waals surface area contributed by atoms with Crippen LogP contribution in [-0.2, 0) is 4.79 Å². The van der Waals surface area contributed by atoms with E-state index in [2.05, 4.69) is 5.32 Å². The third kappa shape index (κ3) is 5.68. The lowest BCUT2D eigenvalue weighted by atomic mass is 10.4. The SMILES string of the molecule is O=C(O)CNCC(O)C(F)F. The Morgan fingerprint density at radius 3 is 2.45 bits per heavy atom. The van der Waals surface area contributed by atoms with Gasteiger partial charge in [0.2, 0.25) is 0 Å². The average molecular weight is 169 g/mol. The highest BCUT2D eigenvalue weighted by Crippen LogP contribution is 1.97. The summed E-state index contributed by atoms with van der Waals surface area (Å²) in [7, 11) is 0. The summed E-state index contributed by atoms with van der Waals surface area (Å²) in [5.41, 5.74) is 0. The summed E-state index contributed by atoms with van der Waals surface area (Å²) in [6.07, 6.45) is -4.63. The second-order valence-corrected chi connectivity index (χ2v) is 1.93. The van der Waals surface area contributed by atoms with Crippen LogP contribution in [0, 0.1) is 0 Å². The Hall–Kier alpha value is -0.750. The molecule has 0 spiro atoms. The van der Waals surface area contributed by atoms with Crippen molar-refractivity contribution in [1.29, 1.82) is 0 Å². The van der Waals surface area contributed by atoms with Crippen LogP contribution in [0.3, 0.4) is 0 Å². The molecule has 0 aliphatic rings. The van der Waals surface area contributed by atoms with Gasteiger partial charge in [-0.15, -0.1) is 0 Å². The molecule has 0 radical (unpaired) electrons. The van der Waals surface area contributed by atoms with Gasteiger partial charge in [-0.25, -0.2) is 8.78 Å². The lowest BCUT2D eigenvalue weighted by Crippen LogP contribution is -2.34. The van der Waals surface area contributed by atoms with Crippen molar-refractivity contribution in [3.8, 4) is 0 Å². The minimum absolute atomic E-state index is 0.413. The number of carbonyl (C=O) groups is 1. The molecule has 6 heteroatoms. The fraction of sp³-hybridized carbons (Fsp3) is 0.800. The van der Waals surface area contributed by atoms with E-state index in [0.717, 1.165) is 0 Å². The minimum Gasteiger partial charge on any atom is -0.480 e. The Kier molecular flexibility index (Phi) is 4.64. The van der Waals surface area contributed by atoms with Crippen molar-refractivity contribution in [3.63, 3.8) is 0 Å². The van der Waals surface area contributed by atoms with E-state index in [0.29, 0.717) is 0 Å². The summed E-state index contributed by atoms with van der Waals surface area (Å²) in [6.45, 7) is -0.840. The molecule has 11 heavy (non-hydrogen) atoms. The van der Waals surface area contributed by atoms with Gasteiger partial charge in [0.1, 0.15) is 6.10 Å². The summed E-state index contributed by atoms with van der Waals surface area (Å²) in [5.74, 6) is -1.15. The number of halogens is 2. The number of aliphatic carboxylic acids is 1. The van der Waals surface area contributed by atoms with Gasteiger partial charge in [0.05, 0.1) is 6.54 Å². The van der Waals surface area contributed by atoms with Crippen LogP contribution in [-0.4, -0.2) is 41.8 Å². The lowest BCUT2D eigenvalue weighted by molar-refractivity contribution is -0.136. The maximum atomic E-state index is 11.5. The van der Waals surface area contributed by atoms with Gasteiger partial charge < -0.3 is 15.5 Å². The Bertz CT molecular complexity index is 131. The number of carboxylic acids is 1. The van der Waals surface area contributed by atoms with E-state index in [1.54, 1.807) is 0 Å². The van der Waals surface area contributed by atoms with E-state index in [1.807, 2.05) is 0 Å². The van der Waals surface area contributed by atoms with Crippen molar-refractivity contribution in [2.24, 2.45) is 0 Å². The van der Waals surface area contributed by atoms with Gasteiger partial charge in [-0.1, -0.05) is 0 Å². The minimum atomic E-state index is -2.84. The van der Waals surface area contributed by atoms with E-state index in [-0.39, 0.29) is 0 Å². The zero-order valence-corrected chi connectivity index (χ0v) is 5.63. The van der Waals surface area contributed by atoms with Crippen LogP contribution >= 0.6 is 0 Å². The molecule has 4 nitrogen and oxygen atoms in total. The number of nitrogens with one attached hydrogen (secondary N) is 1. The fourth-order valence-corrected chi connectivity index (χ4v) is 0.416. The summed E-state index contributed by atoms with van der Waals surface area (Å²) in [5, 5.41) is 18.6. The molecule has 0 rings (SSSR count). The van der Waals surface area contributed by atoms with Crippen molar-refractivity contribution in [2.75, 3.05) is 13.1 Å². The third-order valence-corrected chi connectivity index (χ3v) is 0.921. The molecular formula is C5H9F2NO3. The van der Waals surface area contributed by atoms with Gasteiger partial charge in [0.15, 0.2) is 0 Å². The smallest absolute Gasteiger partial charge is 0.317 e. The topological polar surface area (TPSA) is 69.6 Å². The molecule has 1 unspecified atom stereocenters. The molecule has 0 aromatic heterocycles. The highest BCUT2D eigenvalue weighted by Gasteiger charge is 2.15. The van der Waals surface area contributed by atoms with Crippen LogP contribution < -0.4 is 5.32 Å². The van der Waals surface area contributed by atoms with Crippen molar-refractivity contribution in [2.45, 2.75) is 12.5 Å². The first-order valence-corrected chi connectivity index (χ1v) is 2.92. The maximum absolute atomic E-state index is 11.5. The van der Waals surface area contributed by atoms with E-state index in [1.165, 1.54) is 0 Å². The van der Waals surface area contributed by atoms with Gasteiger partial charge in [-0.05, 0) is 0 Å². The summed E-state index contributed by atoms with van der Waals surface area (Å²) < 4.78 is 23.0. The first-order valence-electron chi connectivity index (χ1n) is 2.92. The van der Waals surface area contributed by atoms with Crippen molar-refractivity contribution in [3.05, 3.63) is 0 Å². The molecule has 0 bridgehead atoms. The maximum Gasteiger partial charge on any atom is 0.317 e. The van der Waals surface area contributed by atoms with Crippen molar-refractivity contribution in [1.82, 2.24) is 5.32 Å². The van der Waals surface area contributed by atoms with Gasteiger partial charge in [-0.2, -0.15) is 0 Å². The van der Waals surface area contributed by atoms with Crippen LogP contribution in [0.1, 0.15) is 0 Å². The van der Waals surface area contributed by atoms with Crippen LogP contribution in [0.4, 0.5) is 8.78 Å². The second kappa shape index (κ2) is 4.97. The van der Waals surface area contributed by atoms with Gasteiger partial charge in [0.25, 0.3) is 6.43 Å². The fourth-order valence-electron chi connectivity index (χ4n) is 0.416. The molecule has 3 N–H and O–H groups in total. The third-order valence-electron chi connectivity index (χ3n) is 0.921. The van der Waals surface area contributed by atoms with Crippen LogP contribution in [0.5, 0.6) is 0 Å². The summed E-state index contributed by atoms with van der Waals surface area (Å²) in [4.78, 5) is 9.82. The molecular weight excluding hydrogens is 160 g/mol. The van der Waals surface area contributed by atoms with E-state index >= 15 is 0 Å². The van der Waals surface area contributed by atoms with Gasteiger partial charge >= 0.3 is 5.97 Å². The molecule has 0 aromatic rings. The highest BCUT2D eigenvalue weighted by molar-refractivity contribution is 5.68. The molecule has 0 heterocycles. The quantitative estimate of drug-likeness (QED) is 0.508. The summed E-state index contributed by atoms with van der Waals surface area (Å²) in [6, 6.07) is 0. The zero-order chi connectivity index (χ0) is 8.85. The van der Waals surface area contributed by atoms with E-state index in [4.69, 9.17) is 10.2 Å². The predicted molar refractivity (Wildman–Crippen MR) is 32.5 cm³/mol. The molecule has 66 valence electrons. The first kappa shape index (κ1) is 10.2. The lowest BCUT2D eigenvalue weighted by Gasteiger charge is -2.08.